The molecule has 3 N–H and O–H groups in total. The first-order valence-electron chi connectivity index (χ1n) is 11.9. The van der Waals surface area contributed by atoms with Crippen molar-refractivity contribution in [2.24, 2.45) is 0 Å². The molecule has 3 aromatic rings. The van der Waals surface area contributed by atoms with Crippen molar-refractivity contribution in [2.75, 3.05) is 37.9 Å². The number of amides is 1. The smallest absolute Gasteiger partial charge is 0.410 e. The van der Waals surface area contributed by atoms with Crippen LogP contribution >= 0.6 is 0 Å². The van der Waals surface area contributed by atoms with E-state index in [4.69, 9.17) is 19.9 Å². The summed E-state index contributed by atoms with van der Waals surface area (Å²) in [7, 11) is 1.66. The Kier molecular flexibility index (Phi) is 7.90. The van der Waals surface area contributed by atoms with Gasteiger partial charge in [0.05, 0.1) is 26.0 Å². The summed E-state index contributed by atoms with van der Waals surface area (Å²) < 4.78 is 44.5. The fourth-order valence-electron chi connectivity index (χ4n) is 3.37. The van der Waals surface area contributed by atoms with Crippen LogP contribution in [0.2, 0.25) is 0 Å². The number of nitrogens with one attached hydrogen (secondary N) is 1. The molecule has 12 nitrogen and oxygen atoms in total. The molecule has 1 fully saturated rings. The van der Waals surface area contributed by atoms with Crippen molar-refractivity contribution in [3.63, 3.8) is 0 Å². The lowest BCUT2D eigenvalue weighted by atomic mass is 10.1. The molecule has 4 heterocycles. The molecule has 4 rings (SSSR count). The summed E-state index contributed by atoms with van der Waals surface area (Å²) in [5.41, 5.74) is 6.47. The van der Waals surface area contributed by atoms with Gasteiger partial charge in [-0.05, 0) is 20.8 Å². The van der Waals surface area contributed by atoms with Crippen LogP contribution in [-0.2, 0) is 16.0 Å². The molecule has 1 amide bonds. The molecule has 3 aromatic heterocycles. The van der Waals surface area contributed by atoms with Crippen molar-refractivity contribution in [1.82, 2.24) is 29.6 Å². The Morgan fingerprint density at radius 1 is 1.26 bits per heavy atom. The van der Waals surface area contributed by atoms with E-state index < -0.39 is 23.9 Å². The largest absolute Gasteiger partial charge is 0.485 e. The second-order valence-electron chi connectivity index (χ2n) is 9.70. The van der Waals surface area contributed by atoms with Gasteiger partial charge in [0.25, 0.3) is 6.43 Å². The van der Waals surface area contributed by atoms with E-state index in [2.05, 4.69) is 25.4 Å². The number of carbonyl (C=O) groups is 1. The molecule has 38 heavy (non-hydrogen) atoms. The van der Waals surface area contributed by atoms with Crippen molar-refractivity contribution >= 4 is 23.5 Å². The van der Waals surface area contributed by atoms with Gasteiger partial charge in [-0.1, -0.05) is 0 Å². The van der Waals surface area contributed by atoms with E-state index in [9.17, 15) is 13.6 Å². The molecule has 0 aliphatic carbocycles. The molecule has 1 saturated heterocycles. The normalized spacial score (nSPS) is 13.8. The van der Waals surface area contributed by atoms with Crippen LogP contribution in [0.3, 0.4) is 0 Å². The first-order valence-corrected chi connectivity index (χ1v) is 11.9. The van der Waals surface area contributed by atoms with Crippen LogP contribution in [-0.4, -0.2) is 74.2 Å². The Balaban J connectivity index is 1.50. The Hall–Kier alpha value is -4.07. The van der Waals surface area contributed by atoms with E-state index in [0.717, 1.165) is 5.56 Å². The van der Waals surface area contributed by atoms with Crippen LogP contribution in [0.5, 0.6) is 5.75 Å². The number of anilines is 3. The zero-order valence-corrected chi connectivity index (χ0v) is 21.5. The van der Waals surface area contributed by atoms with Gasteiger partial charge in [-0.2, -0.15) is 5.10 Å². The molecule has 204 valence electrons. The highest BCUT2D eigenvalue weighted by Gasteiger charge is 2.23. The quantitative estimate of drug-likeness (QED) is 0.419. The summed E-state index contributed by atoms with van der Waals surface area (Å²) in [5, 5.41) is 7.27. The van der Waals surface area contributed by atoms with Crippen molar-refractivity contribution in [3.05, 3.63) is 36.5 Å². The number of aromatic nitrogens is 5. The zero-order valence-electron chi connectivity index (χ0n) is 21.5. The molecule has 1 aliphatic heterocycles. The van der Waals surface area contributed by atoms with Crippen LogP contribution in [0.15, 0.2) is 30.7 Å². The fraction of sp³-hybridized carbons (Fsp3) is 0.458. The number of halogens is 2. The van der Waals surface area contributed by atoms with Gasteiger partial charge in [-0.15, -0.1) is 0 Å². The Labute approximate surface area is 218 Å². The third kappa shape index (κ3) is 7.03. The maximum absolute atomic E-state index is 13.1. The highest BCUT2D eigenvalue weighted by Crippen LogP contribution is 2.33. The van der Waals surface area contributed by atoms with Gasteiger partial charge in [0.15, 0.2) is 5.82 Å². The monoisotopic (exact) mass is 532 g/mol. The molecular formula is C24H30F2N8O4. The Bertz CT molecular complexity index is 1280. The number of nitrogens with zero attached hydrogens (tertiary/aromatic N) is 6. The number of hydrogen-bond acceptors (Lipinski definition) is 10. The highest BCUT2D eigenvalue weighted by molar-refractivity contribution is 5.71. The molecular weight excluding hydrogens is 502 g/mol. The number of likely N-dealkylation sites (N-methyl/N-ethyl adjacent to an activating group) is 1. The SMILES string of the molecule is CN(CCn1cc(-c2cnc(Nc3cc(N)nc(C(F)F)n3)cc2OC2COC2)cn1)C(=O)OC(C)(C)C. The lowest BCUT2D eigenvalue weighted by Gasteiger charge is -2.27. The minimum atomic E-state index is -2.87. The van der Waals surface area contributed by atoms with Crippen LogP contribution in [0.25, 0.3) is 11.1 Å². The van der Waals surface area contributed by atoms with Gasteiger partial charge in [0, 0.05) is 49.2 Å². The predicted octanol–water partition coefficient (Wildman–Crippen LogP) is 3.64. The van der Waals surface area contributed by atoms with E-state index in [1.807, 2.05) is 27.0 Å². The maximum Gasteiger partial charge on any atom is 0.410 e. The third-order valence-corrected chi connectivity index (χ3v) is 5.30. The second-order valence-corrected chi connectivity index (χ2v) is 9.70. The number of hydrogen-bond donors (Lipinski definition) is 2. The summed E-state index contributed by atoms with van der Waals surface area (Å²) in [5.74, 6) is 0.109. The van der Waals surface area contributed by atoms with E-state index in [0.29, 0.717) is 43.4 Å². The van der Waals surface area contributed by atoms with Crippen molar-refractivity contribution in [3.8, 4) is 16.9 Å². The molecule has 0 spiro atoms. The van der Waals surface area contributed by atoms with Gasteiger partial charge in [0.1, 0.15) is 34.9 Å². The minimum absolute atomic E-state index is 0.0768. The lowest BCUT2D eigenvalue weighted by molar-refractivity contribution is -0.0794. The van der Waals surface area contributed by atoms with Crippen molar-refractivity contribution < 1.29 is 27.8 Å². The van der Waals surface area contributed by atoms with Gasteiger partial charge in [-0.3, -0.25) is 4.68 Å². The Morgan fingerprint density at radius 3 is 2.68 bits per heavy atom. The first kappa shape index (κ1) is 27.0. The number of pyridine rings is 1. The first-order chi connectivity index (χ1) is 18.0. The average Bonchev–Trinajstić information content (AvgIpc) is 3.27. The van der Waals surface area contributed by atoms with Gasteiger partial charge in [0.2, 0.25) is 0 Å². The van der Waals surface area contributed by atoms with Gasteiger partial charge >= 0.3 is 6.09 Å². The highest BCUT2D eigenvalue weighted by atomic mass is 19.3. The summed E-state index contributed by atoms with van der Waals surface area (Å²) >= 11 is 0. The number of alkyl halides is 2. The zero-order chi connectivity index (χ0) is 27.4. The summed E-state index contributed by atoms with van der Waals surface area (Å²) in [6.45, 7) is 7.16. The van der Waals surface area contributed by atoms with E-state index in [1.54, 1.807) is 30.2 Å². The number of rotatable bonds is 9. The average molecular weight is 533 g/mol. The minimum Gasteiger partial charge on any atom is -0.485 e. The molecule has 14 heteroatoms. The Morgan fingerprint density at radius 2 is 2.03 bits per heavy atom. The number of carbonyl (C=O) groups excluding carboxylic acids is 1. The third-order valence-electron chi connectivity index (χ3n) is 5.30. The fourth-order valence-corrected chi connectivity index (χ4v) is 3.37. The topological polar surface area (TPSA) is 143 Å². The summed E-state index contributed by atoms with van der Waals surface area (Å²) in [4.78, 5) is 25.4. The van der Waals surface area contributed by atoms with Gasteiger partial charge < -0.3 is 30.2 Å². The molecule has 0 bridgehead atoms. The molecule has 0 radical (unpaired) electrons. The lowest BCUT2D eigenvalue weighted by Crippen LogP contribution is -2.38. The molecule has 0 aromatic carbocycles. The van der Waals surface area contributed by atoms with Crippen molar-refractivity contribution in [2.45, 2.75) is 45.4 Å². The van der Waals surface area contributed by atoms with Crippen LogP contribution in [0.1, 0.15) is 33.0 Å². The molecule has 1 aliphatic rings. The summed E-state index contributed by atoms with van der Waals surface area (Å²) in [6.07, 6.45) is 1.65. The van der Waals surface area contributed by atoms with Crippen LogP contribution < -0.4 is 15.8 Å². The molecule has 0 atom stereocenters. The van der Waals surface area contributed by atoms with E-state index >= 15 is 0 Å². The number of nitrogen functional groups attached to an aromatic ring is 1. The van der Waals surface area contributed by atoms with Crippen LogP contribution in [0, 0.1) is 0 Å². The molecule has 0 saturated carbocycles. The van der Waals surface area contributed by atoms with Gasteiger partial charge in [-0.25, -0.2) is 28.5 Å². The second kappa shape index (κ2) is 11.1. The maximum atomic E-state index is 13.1. The van der Waals surface area contributed by atoms with E-state index in [-0.39, 0.29) is 17.7 Å². The summed E-state index contributed by atoms with van der Waals surface area (Å²) in [6, 6.07) is 2.97. The number of nitrogens with two attached hydrogens (primary N) is 1. The van der Waals surface area contributed by atoms with Crippen molar-refractivity contribution in [1.29, 1.82) is 0 Å². The van der Waals surface area contributed by atoms with E-state index in [1.165, 1.54) is 11.0 Å². The standard InChI is InChI=1S/C24H30F2N8O4/c1-24(2,3)38-23(35)33(4)5-6-34-11-14(9-29-34)16-10-28-19(7-17(16)37-15-12-36-13-15)31-20-8-18(27)30-22(32-20)21(25)26/h7-11,15,21H,5-6,12-13H2,1-4H3,(H3,27,28,30,31,32). The molecule has 0 unspecified atom stereocenters. The number of ether oxygens (including phenoxy) is 3. The van der Waals surface area contributed by atoms with Crippen LogP contribution in [0.4, 0.5) is 31.0 Å². The predicted molar refractivity (Wildman–Crippen MR) is 134 cm³/mol.